The minimum absolute atomic E-state index is 0.00417. The second kappa shape index (κ2) is 7.44. The molecule has 1 unspecified atom stereocenters. The van der Waals surface area contributed by atoms with E-state index < -0.39 is 0 Å². The lowest BCUT2D eigenvalue weighted by atomic mass is 10.0. The molecule has 1 atom stereocenters. The summed E-state index contributed by atoms with van der Waals surface area (Å²) >= 11 is -0.00417. The minimum atomic E-state index is -0.00417. The second-order valence-corrected chi connectivity index (χ2v) is 7.89. The zero-order valence-electron chi connectivity index (χ0n) is 12.4. The van der Waals surface area contributed by atoms with Gasteiger partial charge in [0.15, 0.2) is 0 Å². The van der Waals surface area contributed by atoms with Crippen LogP contribution in [0.3, 0.4) is 0 Å². The summed E-state index contributed by atoms with van der Waals surface area (Å²) in [6.07, 6.45) is 9.02. The van der Waals surface area contributed by atoms with E-state index in [4.69, 9.17) is 5.41 Å². The Morgan fingerprint density at radius 1 is 1.55 bits per heavy atom. The lowest BCUT2D eigenvalue weighted by Gasteiger charge is -2.35. The van der Waals surface area contributed by atoms with Crippen LogP contribution in [-0.2, 0) is 0 Å². The number of allylic oxidation sites excluding steroid dienone is 1. The minimum Gasteiger partial charge on any atom is -0.336 e. The molecule has 0 spiro atoms. The normalized spacial score (nSPS) is 22.6. The lowest BCUT2D eigenvalue weighted by Crippen LogP contribution is -2.45. The molecule has 0 aromatic carbocycles. The Morgan fingerprint density at radius 3 is 2.95 bits per heavy atom. The molecule has 0 saturated heterocycles. The van der Waals surface area contributed by atoms with Crippen molar-refractivity contribution >= 4 is 31.0 Å². The van der Waals surface area contributed by atoms with Crippen LogP contribution in [-0.4, -0.2) is 52.1 Å². The number of nitrogens with zero attached hydrogens (tertiary/aromatic N) is 2. The maximum atomic E-state index is 7.38. The van der Waals surface area contributed by atoms with Crippen molar-refractivity contribution in [2.24, 2.45) is 0 Å². The van der Waals surface area contributed by atoms with Crippen LogP contribution in [0.15, 0.2) is 23.9 Å². The molecular formula is C14H24IN5. The average molecular weight is 389 g/mol. The van der Waals surface area contributed by atoms with E-state index in [1.807, 2.05) is 11.9 Å². The molecule has 2 aliphatic rings. The van der Waals surface area contributed by atoms with Crippen LogP contribution in [0.25, 0.3) is 0 Å². The van der Waals surface area contributed by atoms with Crippen molar-refractivity contribution in [1.82, 2.24) is 18.6 Å². The largest absolute Gasteiger partial charge is 0.336 e. The van der Waals surface area contributed by atoms with Gasteiger partial charge in [0.05, 0.1) is 16.6 Å². The van der Waals surface area contributed by atoms with Crippen LogP contribution in [0.5, 0.6) is 0 Å². The van der Waals surface area contributed by atoms with Crippen molar-refractivity contribution in [2.75, 3.05) is 20.3 Å². The number of rotatable bonds is 6. The fourth-order valence-corrected chi connectivity index (χ4v) is 4.18. The zero-order valence-corrected chi connectivity index (χ0v) is 14.5. The number of nitrogens with one attached hydrogen (secondary N) is 3. The maximum absolute atomic E-state index is 7.38. The molecular weight excluding hydrogens is 365 g/mol. The van der Waals surface area contributed by atoms with E-state index in [2.05, 4.69) is 45.8 Å². The number of likely N-dealkylation sites (N-methyl/N-ethyl adjacent to an activating group) is 1. The quantitative estimate of drug-likeness (QED) is 0.280. The summed E-state index contributed by atoms with van der Waals surface area (Å²) < 4.78 is 4.90. The molecule has 112 valence electrons. The fourth-order valence-electron chi connectivity index (χ4n) is 2.40. The predicted octanol–water partition coefficient (Wildman–Crippen LogP) is 1.61. The SMILES string of the molecule is CC(C)N(CC1=INCN1)C1C=C(N(C)C=N)C=CC1. The molecule has 0 fully saturated rings. The van der Waals surface area contributed by atoms with E-state index >= 15 is 0 Å². The highest BCUT2D eigenvalue weighted by atomic mass is 127. The van der Waals surface area contributed by atoms with Crippen molar-refractivity contribution in [3.8, 4) is 0 Å². The van der Waals surface area contributed by atoms with E-state index in [1.165, 1.54) is 9.97 Å². The van der Waals surface area contributed by atoms with E-state index in [0.29, 0.717) is 12.1 Å². The first kappa shape index (κ1) is 15.8. The fraction of sp³-hybridized carbons (Fsp3) is 0.571. The summed E-state index contributed by atoms with van der Waals surface area (Å²) in [4.78, 5) is 4.40. The monoisotopic (exact) mass is 389 g/mol. The molecule has 0 bridgehead atoms. The Bertz CT molecular complexity index is 441. The molecule has 0 aromatic heterocycles. The summed E-state index contributed by atoms with van der Waals surface area (Å²) in [5.41, 5.74) is 1.11. The zero-order chi connectivity index (χ0) is 14.5. The Kier molecular flexibility index (Phi) is 5.88. The lowest BCUT2D eigenvalue weighted by molar-refractivity contribution is 0.207. The summed E-state index contributed by atoms with van der Waals surface area (Å²) in [7, 11) is 1.92. The van der Waals surface area contributed by atoms with Gasteiger partial charge in [-0.2, -0.15) is 0 Å². The van der Waals surface area contributed by atoms with Crippen molar-refractivity contribution in [2.45, 2.75) is 32.4 Å². The molecule has 20 heavy (non-hydrogen) atoms. The summed E-state index contributed by atoms with van der Waals surface area (Å²) in [5.74, 6) is 0. The molecule has 1 aliphatic heterocycles. The van der Waals surface area contributed by atoms with Crippen LogP contribution >= 0.6 is 21.0 Å². The smallest absolute Gasteiger partial charge is 0.0859 e. The van der Waals surface area contributed by atoms with Crippen LogP contribution < -0.4 is 8.85 Å². The number of halogens is 1. The van der Waals surface area contributed by atoms with Crippen molar-refractivity contribution in [3.63, 3.8) is 0 Å². The Balaban J connectivity index is 2.10. The van der Waals surface area contributed by atoms with Crippen LogP contribution in [0.2, 0.25) is 0 Å². The van der Waals surface area contributed by atoms with Gasteiger partial charge in [-0.05, 0) is 53.4 Å². The summed E-state index contributed by atoms with van der Waals surface area (Å²) in [6, 6.07) is 0.921. The topological polar surface area (TPSA) is 54.4 Å². The molecule has 3 N–H and O–H groups in total. The molecule has 0 radical (unpaired) electrons. The van der Waals surface area contributed by atoms with E-state index in [-0.39, 0.29) is 21.0 Å². The van der Waals surface area contributed by atoms with Gasteiger partial charge in [-0.15, -0.1) is 0 Å². The average Bonchev–Trinajstić information content (AvgIpc) is 2.96. The Labute approximate surface area is 131 Å². The van der Waals surface area contributed by atoms with Crippen molar-refractivity contribution in [3.05, 3.63) is 23.9 Å². The predicted molar refractivity (Wildman–Crippen MR) is 94.2 cm³/mol. The van der Waals surface area contributed by atoms with Crippen LogP contribution in [0.1, 0.15) is 20.3 Å². The maximum Gasteiger partial charge on any atom is 0.0859 e. The van der Waals surface area contributed by atoms with Gasteiger partial charge in [-0.25, -0.2) is 0 Å². The third-order valence-corrected chi connectivity index (χ3v) is 5.71. The highest BCUT2D eigenvalue weighted by molar-refractivity contribution is 14.2. The number of hydrogen-bond acceptors (Lipinski definition) is 4. The van der Waals surface area contributed by atoms with Gasteiger partial charge < -0.3 is 4.90 Å². The first-order valence-electron chi connectivity index (χ1n) is 6.95. The molecule has 6 heteroatoms. The summed E-state index contributed by atoms with van der Waals surface area (Å²) in [5, 5.41) is 10.8. The standard InChI is InChI=1S/C14H24IN5/c1-11(2)20(8-14-15-18-10-17-14)13-6-4-5-12(7-13)19(3)9-16/h4-5,7,9,11,13,16-18H,6,8,10H2,1-3H3. The highest BCUT2D eigenvalue weighted by Crippen LogP contribution is 2.20. The van der Waals surface area contributed by atoms with Gasteiger partial charge in [0.1, 0.15) is 0 Å². The summed E-state index contributed by atoms with van der Waals surface area (Å²) in [6.45, 7) is 6.46. The van der Waals surface area contributed by atoms with Crippen molar-refractivity contribution < 1.29 is 0 Å². The Morgan fingerprint density at radius 2 is 2.35 bits per heavy atom. The van der Waals surface area contributed by atoms with Gasteiger partial charge in [0, 0.05) is 31.4 Å². The third-order valence-electron chi connectivity index (χ3n) is 3.57. The van der Waals surface area contributed by atoms with Crippen LogP contribution in [0, 0.1) is 5.41 Å². The van der Waals surface area contributed by atoms with Crippen molar-refractivity contribution in [1.29, 1.82) is 5.41 Å². The number of hydrogen-bond donors (Lipinski definition) is 3. The van der Waals surface area contributed by atoms with E-state index in [9.17, 15) is 0 Å². The molecule has 0 amide bonds. The van der Waals surface area contributed by atoms with Gasteiger partial charge in [0.2, 0.25) is 0 Å². The molecule has 0 aromatic rings. The van der Waals surface area contributed by atoms with Gasteiger partial charge in [0.25, 0.3) is 0 Å². The highest BCUT2D eigenvalue weighted by Gasteiger charge is 2.23. The van der Waals surface area contributed by atoms with E-state index in [0.717, 1.165) is 25.3 Å². The Hall–Kier alpha value is -0.570. The molecule has 0 saturated carbocycles. The van der Waals surface area contributed by atoms with Gasteiger partial charge in [-0.3, -0.25) is 19.2 Å². The van der Waals surface area contributed by atoms with Gasteiger partial charge in [-0.1, -0.05) is 6.08 Å². The first-order chi connectivity index (χ1) is 9.61. The van der Waals surface area contributed by atoms with Gasteiger partial charge >= 0.3 is 0 Å². The van der Waals surface area contributed by atoms with E-state index in [1.54, 1.807) is 0 Å². The molecule has 1 aliphatic carbocycles. The first-order valence-corrected chi connectivity index (χ1v) is 9.11. The molecule has 5 nitrogen and oxygen atoms in total. The second-order valence-electron chi connectivity index (χ2n) is 5.29. The molecule has 2 rings (SSSR count). The van der Waals surface area contributed by atoms with Crippen LogP contribution in [0.4, 0.5) is 0 Å². The molecule has 1 heterocycles. The third kappa shape index (κ3) is 3.97.